The summed E-state index contributed by atoms with van der Waals surface area (Å²) in [6, 6.07) is 6.19. The fourth-order valence-electron chi connectivity index (χ4n) is 6.28. The van der Waals surface area contributed by atoms with Gasteiger partial charge in [0.15, 0.2) is 5.82 Å². The van der Waals surface area contributed by atoms with Gasteiger partial charge in [-0.1, -0.05) is 13.8 Å². The lowest BCUT2D eigenvalue weighted by Gasteiger charge is -2.44. The van der Waals surface area contributed by atoms with Crippen LogP contribution in [-0.2, 0) is 11.2 Å². The Hall–Kier alpha value is -1.99. The summed E-state index contributed by atoms with van der Waals surface area (Å²) in [5.74, 6) is 1.53. The van der Waals surface area contributed by atoms with E-state index in [2.05, 4.69) is 51.1 Å². The molecule has 0 radical (unpaired) electrons. The van der Waals surface area contributed by atoms with Crippen molar-refractivity contribution < 1.29 is 4.74 Å². The maximum atomic E-state index is 5.79. The Labute approximate surface area is 197 Å². The van der Waals surface area contributed by atoms with Gasteiger partial charge in [0.25, 0.3) is 0 Å². The van der Waals surface area contributed by atoms with Gasteiger partial charge in [-0.2, -0.15) is 10.2 Å². The summed E-state index contributed by atoms with van der Waals surface area (Å²) in [5.41, 5.74) is 3.92. The summed E-state index contributed by atoms with van der Waals surface area (Å²) >= 11 is 0. The molecule has 0 unspecified atom stereocenters. The second-order valence-corrected chi connectivity index (χ2v) is 11.2. The van der Waals surface area contributed by atoms with Crippen molar-refractivity contribution in [3.05, 3.63) is 29.7 Å². The third-order valence-electron chi connectivity index (χ3n) is 8.53. The van der Waals surface area contributed by atoms with Gasteiger partial charge in [0.05, 0.1) is 30.8 Å². The van der Waals surface area contributed by atoms with Crippen LogP contribution in [-0.4, -0.2) is 62.8 Å². The Kier molecular flexibility index (Phi) is 5.65. The van der Waals surface area contributed by atoms with E-state index in [0.717, 1.165) is 36.8 Å². The van der Waals surface area contributed by atoms with Crippen molar-refractivity contribution in [1.29, 1.82) is 0 Å². The van der Waals surface area contributed by atoms with Gasteiger partial charge in [0.1, 0.15) is 0 Å². The van der Waals surface area contributed by atoms with E-state index in [1.807, 2.05) is 6.20 Å². The maximum absolute atomic E-state index is 5.79. The summed E-state index contributed by atoms with van der Waals surface area (Å²) in [7, 11) is 0. The lowest BCUT2D eigenvalue weighted by molar-refractivity contribution is -0.0373. The van der Waals surface area contributed by atoms with Crippen molar-refractivity contribution in [2.45, 2.75) is 95.7 Å². The molecule has 7 heteroatoms. The smallest absolute Gasteiger partial charge is 0.151 e. The molecule has 7 nitrogen and oxygen atoms in total. The van der Waals surface area contributed by atoms with Crippen LogP contribution in [0.15, 0.2) is 18.3 Å². The number of aryl methyl sites for hydroxylation is 1. The van der Waals surface area contributed by atoms with E-state index in [4.69, 9.17) is 9.84 Å². The molecule has 2 aliphatic heterocycles. The lowest BCUT2D eigenvalue weighted by atomic mass is 9.73. The van der Waals surface area contributed by atoms with Crippen LogP contribution in [0, 0.1) is 5.41 Å². The monoisotopic (exact) mass is 450 g/mol. The van der Waals surface area contributed by atoms with E-state index in [-0.39, 0.29) is 0 Å². The molecule has 2 bridgehead atoms. The highest BCUT2D eigenvalue weighted by Gasteiger charge is 2.42. The number of rotatable bonds is 7. The number of anilines is 1. The Morgan fingerprint density at radius 2 is 1.82 bits per heavy atom. The van der Waals surface area contributed by atoms with Crippen molar-refractivity contribution >= 4 is 5.82 Å². The minimum Gasteiger partial charge on any atom is -0.378 e. The first-order valence-corrected chi connectivity index (χ1v) is 13.1. The summed E-state index contributed by atoms with van der Waals surface area (Å²) in [6.45, 7) is 7.77. The van der Waals surface area contributed by atoms with Crippen molar-refractivity contribution in [1.82, 2.24) is 24.9 Å². The zero-order valence-electron chi connectivity index (χ0n) is 20.2. The third-order valence-corrected chi connectivity index (χ3v) is 8.53. The van der Waals surface area contributed by atoms with Crippen LogP contribution in [0.3, 0.4) is 0 Å². The number of nitrogens with one attached hydrogen (secondary N) is 1. The molecule has 2 aromatic rings. The molecule has 1 N–H and O–H groups in total. The summed E-state index contributed by atoms with van der Waals surface area (Å²) < 4.78 is 7.90. The molecule has 4 fully saturated rings. The number of morpholine rings is 1. The van der Waals surface area contributed by atoms with E-state index in [1.165, 1.54) is 63.6 Å². The molecule has 4 heterocycles. The van der Waals surface area contributed by atoms with Crippen molar-refractivity contribution in [3.63, 3.8) is 0 Å². The molecule has 0 aromatic carbocycles. The van der Waals surface area contributed by atoms with Crippen molar-refractivity contribution in [2.75, 3.05) is 25.1 Å². The molecular weight excluding hydrogens is 412 g/mol. The van der Waals surface area contributed by atoms with Gasteiger partial charge >= 0.3 is 0 Å². The molecule has 4 aliphatic rings. The van der Waals surface area contributed by atoms with Crippen LogP contribution >= 0.6 is 0 Å². The van der Waals surface area contributed by atoms with Crippen LogP contribution in [0.1, 0.15) is 82.5 Å². The van der Waals surface area contributed by atoms with Crippen LogP contribution in [0.2, 0.25) is 0 Å². The first-order valence-electron chi connectivity index (χ1n) is 13.1. The minimum atomic E-state index is 0.411. The lowest BCUT2D eigenvalue weighted by Crippen LogP contribution is -2.51. The second kappa shape index (κ2) is 8.66. The number of ether oxygens (including phenoxy) is 1. The van der Waals surface area contributed by atoms with Crippen LogP contribution in [0.25, 0.3) is 5.69 Å². The average molecular weight is 451 g/mol. The van der Waals surface area contributed by atoms with Crippen LogP contribution in [0.5, 0.6) is 0 Å². The summed E-state index contributed by atoms with van der Waals surface area (Å²) in [5, 5.41) is 17.3. The van der Waals surface area contributed by atoms with E-state index in [0.29, 0.717) is 29.5 Å². The van der Waals surface area contributed by atoms with Gasteiger partial charge in [-0.15, -0.1) is 5.10 Å². The topological polar surface area (TPSA) is 68.1 Å². The SMILES string of the molecule is CCc1cc(C2CC2)n(-c2cnnc(NC3CCC(C)(CN4[C@@H]5CC[C@H]4COC5)CC3)c2)n1. The van der Waals surface area contributed by atoms with Gasteiger partial charge < -0.3 is 10.1 Å². The molecule has 2 saturated heterocycles. The highest BCUT2D eigenvalue weighted by atomic mass is 16.5. The van der Waals surface area contributed by atoms with Gasteiger partial charge in [0, 0.05) is 42.3 Å². The Morgan fingerprint density at radius 3 is 2.52 bits per heavy atom. The molecule has 2 aromatic heterocycles. The van der Waals surface area contributed by atoms with Crippen LogP contribution < -0.4 is 5.32 Å². The number of hydrogen-bond acceptors (Lipinski definition) is 6. The summed E-state index contributed by atoms with van der Waals surface area (Å²) in [6.07, 6.45) is 12.9. The Morgan fingerprint density at radius 1 is 1.06 bits per heavy atom. The van der Waals surface area contributed by atoms with Gasteiger partial charge in [-0.05, 0) is 69.3 Å². The molecule has 6 rings (SSSR count). The fraction of sp³-hybridized carbons (Fsp3) is 0.731. The predicted molar refractivity (Wildman–Crippen MR) is 129 cm³/mol. The molecule has 0 spiro atoms. The average Bonchev–Trinajstić information content (AvgIpc) is 3.55. The standard InChI is InChI=1S/C26H38N6O/c1-3-19-12-24(18-4-5-18)32(30-19)23-13-25(29-27-14-23)28-20-8-10-26(2,11-9-20)17-31-21-6-7-22(31)16-33-15-21/h12-14,18,20-22H,3-11,15-17H2,1-2H3,(H,28,29)/t20?,21-,22+,26?. The molecule has 178 valence electrons. The molecular formula is C26H38N6O. The molecule has 2 atom stereocenters. The number of aromatic nitrogens is 4. The van der Waals surface area contributed by atoms with Gasteiger partial charge in [-0.3, -0.25) is 4.90 Å². The van der Waals surface area contributed by atoms with E-state index >= 15 is 0 Å². The van der Waals surface area contributed by atoms with Crippen molar-refractivity contribution in [3.8, 4) is 5.69 Å². The van der Waals surface area contributed by atoms with Crippen molar-refractivity contribution in [2.24, 2.45) is 5.41 Å². The summed E-state index contributed by atoms with van der Waals surface area (Å²) in [4.78, 5) is 2.78. The first kappa shape index (κ1) is 21.5. The minimum absolute atomic E-state index is 0.411. The Bertz CT molecular complexity index is 961. The van der Waals surface area contributed by atoms with Crippen LogP contribution in [0.4, 0.5) is 5.82 Å². The highest BCUT2D eigenvalue weighted by molar-refractivity contribution is 5.44. The zero-order chi connectivity index (χ0) is 22.4. The maximum Gasteiger partial charge on any atom is 0.151 e. The molecule has 0 amide bonds. The van der Waals surface area contributed by atoms with Gasteiger partial charge in [0.2, 0.25) is 0 Å². The predicted octanol–water partition coefficient (Wildman–Crippen LogP) is 4.33. The molecule has 33 heavy (non-hydrogen) atoms. The Balaban J connectivity index is 1.09. The highest BCUT2D eigenvalue weighted by Crippen LogP contribution is 2.42. The van der Waals surface area contributed by atoms with Gasteiger partial charge in [-0.25, -0.2) is 4.68 Å². The fourth-order valence-corrected chi connectivity index (χ4v) is 6.28. The van der Waals surface area contributed by atoms with E-state index in [1.54, 1.807) is 0 Å². The second-order valence-electron chi connectivity index (χ2n) is 11.2. The normalized spacial score (nSPS) is 32.2. The molecule has 2 saturated carbocycles. The number of hydrogen-bond donors (Lipinski definition) is 1. The largest absolute Gasteiger partial charge is 0.378 e. The quantitative estimate of drug-likeness (QED) is 0.677. The molecule has 2 aliphatic carbocycles. The number of nitrogens with zero attached hydrogens (tertiary/aromatic N) is 5. The third kappa shape index (κ3) is 4.42. The van der Waals surface area contributed by atoms with E-state index < -0.39 is 0 Å². The zero-order valence-corrected chi connectivity index (χ0v) is 20.2. The first-order chi connectivity index (χ1) is 16.1. The number of fused-ring (bicyclic) bond motifs is 2. The van der Waals surface area contributed by atoms with E-state index in [9.17, 15) is 0 Å².